The number of benzene rings is 2. The van der Waals surface area contributed by atoms with E-state index >= 15 is 0 Å². The highest BCUT2D eigenvalue weighted by atomic mass is 32.2. The van der Waals surface area contributed by atoms with Gasteiger partial charge in [-0.1, -0.05) is 18.2 Å². The number of aryl methyl sites for hydroxylation is 1. The number of ether oxygens (including phenoxy) is 2. The van der Waals surface area contributed by atoms with Gasteiger partial charge < -0.3 is 20.1 Å². The molecule has 1 unspecified atom stereocenters. The summed E-state index contributed by atoms with van der Waals surface area (Å²) in [4.78, 5) is 24.6. The minimum atomic E-state index is -0.107. The number of carbonyl (C=O) groups is 2. The lowest BCUT2D eigenvalue weighted by atomic mass is 10.0. The van der Waals surface area contributed by atoms with E-state index in [9.17, 15) is 9.59 Å². The van der Waals surface area contributed by atoms with E-state index in [0.717, 1.165) is 41.2 Å². The highest BCUT2D eigenvalue weighted by Crippen LogP contribution is 2.43. The second-order valence-electron chi connectivity index (χ2n) is 7.70. The van der Waals surface area contributed by atoms with Crippen molar-refractivity contribution in [3.63, 3.8) is 0 Å². The predicted octanol–water partition coefficient (Wildman–Crippen LogP) is 3.71. The summed E-state index contributed by atoms with van der Waals surface area (Å²) in [5.74, 6) is 2.25. The van der Waals surface area contributed by atoms with Gasteiger partial charge >= 0.3 is 0 Å². The Kier molecular flexibility index (Phi) is 6.47. The van der Waals surface area contributed by atoms with Crippen molar-refractivity contribution in [2.24, 2.45) is 5.92 Å². The first-order valence-electron chi connectivity index (χ1n) is 10.2. The number of nitrogens with one attached hydrogen (secondary N) is 2. The van der Waals surface area contributed by atoms with E-state index in [-0.39, 0.29) is 29.4 Å². The van der Waals surface area contributed by atoms with Crippen LogP contribution in [0.2, 0.25) is 0 Å². The summed E-state index contributed by atoms with van der Waals surface area (Å²) in [5, 5.41) is 6.01. The molecule has 0 aromatic heterocycles. The molecule has 2 N–H and O–H groups in total. The van der Waals surface area contributed by atoms with Gasteiger partial charge in [0.15, 0.2) is 11.5 Å². The monoisotopic (exact) mass is 426 g/mol. The molecule has 1 atom stereocenters. The summed E-state index contributed by atoms with van der Waals surface area (Å²) in [5.41, 5.74) is 2.90. The SMILES string of the molecule is Cc1cccc(NC(=O)CSCC(=O)NC(c2ccc3c(c2)OCCO3)C2CC2)c1. The molecule has 0 bridgehead atoms. The molecule has 2 aromatic rings. The van der Waals surface area contributed by atoms with Crippen molar-refractivity contribution in [3.8, 4) is 11.5 Å². The number of rotatable bonds is 8. The van der Waals surface area contributed by atoms with Gasteiger partial charge in [-0.2, -0.15) is 0 Å². The lowest BCUT2D eigenvalue weighted by molar-refractivity contribution is -0.119. The summed E-state index contributed by atoms with van der Waals surface area (Å²) in [7, 11) is 0. The number of hydrogen-bond acceptors (Lipinski definition) is 5. The summed E-state index contributed by atoms with van der Waals surface area (Å²) in [6, 6.07) is 13.5. The van der Waals surface area contributed by atoms with Crippen LogP contribution in [-0.2, 0) is 9.59 Å². The van der Waals surface area contributed by atoms with Crippen molar-refractivity contribution < 1.29 is 19.1 Å². The van der Waals surface area contributed by atoms with Gasteiger partial charge in [0.1, 0.15) is 13.2 Å². The van der Waals surface area contributed by atoms with Crippen LogP contribution in [0.5, 0.6) is 11.5 Å². The predicted molar refractivity (Wildman–Crippen MR) is 118 cm³/mol. The summed E-state index contributed by atoms with van der Waals surface area (Å²) < 4.78 is 11.3. The lowest BCUT2D eigenvalue weighted by Crippen LogP contribution is -2.31. The van der Waals surface area contributed by atoms with Crippen LogP contribution in [0.1, 0.15) is 30.0 Å². The van der Waals surface area contributed by atoms with Gasteiger partial charge in [-0.3, -0.25) is 9.59 Å². The van der Waals surface area contributed by atoms with Gasteiger partial charge in [-0.25, -0.2) is 0 Å². The molecule has 4 rings (SSSR count). The number of amides is 2. The van der Waals surface area contributed by atoms with Gasteiger partial charge in [-0.05, 0) is 61.1 Å². The van der Waals surface area contributed by atoms with E-state index in [1.54, 1.807) is 0 Å². The third kappa shape index (κ3) is 5.48. The van der Waals surface area contributed by atoms with Crippen LogP contribution in [0.3, 0.4) is 0 Å². The highest BCUT2D eigenvalue weighted by Gasteiger charge is 2.34. The molecule has 30 heavy (non-hydrogen) atoms. The molecule has 7 heteroatoms. The van der Waals surface area contributed by atoms with Crippen LogP contribution in [0.15, 0.2) is 42.5 Å². The highest BCUT2D eigenvalue weighted by molar-refractivity contribution is 8.00. The summed E-state index contributed by atoms with van der Waals surface area (Å²) in [6.07, 6.45) is 2.21. The first-order chi connectivity index (χ1) is 14.6. The van der Waals surface area contributed by atoms with Crippen molar-refractivity contribution in [2.75, 3.05) is 30.0 Å². The van der Waals surface area contributed by atoms with E-state index in [2.05, 4.69) is 10.6 Å². The lowest BCUT2D eigenvalue weighted by Gasteiger charge is -2.23. The average Bonchev–Trinajstić information content (AvgIpc) is 3.57. The zero-order valence-electron chi connectivity index (χ0n) is 17.0. The molecule has 158 valence electrons. The fourth-order valence-corrected chi connectivity index (χ4v) is 4.16. The molecule has 2 aliphatic rings. The molecule has 1 heterocycles. The molecule has 2 amide bonds. The smallest absolute Gasteiger partial charge is 0.234 e. The van der Waals surface area contributed by atoms with Crippen molar-refractivity contribution in [1.29, 1.82) is 0 Å². The third-order valence-corrected chi connectivity index (χ3v) is 6.04. The van der Waals surface area contributed by atoms with Crippen LogP contribution < -0.4 is 20.1 Å². The standard InChI is InChI=1S/C23H26N2O4S/c1-15-3-2-4-18(11-15)24-21(26)13-30-14-22(27)25-23(16-5-6-16)17-7-8-19-20(12-17)29-10-9-28-19/h2-4,7-8,11-12,16,23H,5-6,9-10,13-14H2,1H3,(H,24,26)(H,25,27). The number of thioether (sulfide) groups is 1. The van der Waals surface area contributed by atoms with Crippen LogP contribution in [0.4, 0.5) is 5.69 Å². The average molecular weight is 427 g/mol. The first-order valence-corrected chi connectivity index (χ1v) is 11.4. The molecular weight excluding hydrogens is 400 g/mol. The van der Waals surface area contributed by atoms with Crippen LogP contribution in [-0.4, -0.2) is 36.5 Å². The van der Waals surface area contributed by atoms with E-state index in [4.69, 9.17) is 9.47 Å². The van der Waals surface area contributed by atoms with Gasteiger partial charge in [0.05, 0.1) is 17.5 Å². The zero-order chi connectivity index (χ0) is 20.9. The number of hydrogen-bond donors (Lipinski definition) is 2. The van der Waals surface area contributed by atoms with Crippen LogP contribution in [0.25, 0.3) is 0 Å². The van der Waals surface area contributed by atoms with Gasteiger partial charge in [0.25, 0.3) is 0 Å². The molecule has 6 nitrogen and oxygen atoms in total. The van der Waals surface area contributed by atoms with E-state index in [1.807, 2.05) is 49.4 Å². The Labute approximate surface area is 180 Å². The second kappa shape index (κ2) is 9.43. The Hall–Kier alpha value is -2.67. The van der Waals surface area contributed by atoms with Crippen LogP contribution >= 0.6 is 11.8 Å². The van der Waals surface area contributed by atoms with E-state index in [0.29, 0.717) is 19.1 Å². The van der Waals surface area contributed by atoms with Crippen molar-refractivity contribution in [2.45, 2.75) is 25.8 Å². The zero-order valence-corrected chi connectivity index (χ0v) is 17.8. The number of anilines is 1. The van der Waals surface area contributed by atoms with Gasteiger partial charge in [-0.15, -0.1) is 11.8 Å². The number of fused-ring (bicyclic) bond motifs is 1. The Morgan fingerprint density at radius 3 is 2.57 bits per heavy atom. The molecule has 1 aliphatic carbocycles. The fourth-order valence-electron chi connectivity index (χ4n) is 3.53. The van der Waals surface area contributed by atoms with Crippen LogP contribution in [0, 0.1) is 12.8 Å². The second-order valence-corrected chi connectivity index (χ2v) is 8.68. The molecular formula is C23H26N2O4S. The van der Waals surface area contributed by atoms with Gasteiger partial charge in [0.2, 0.25) is 11.8 Å². The van der Waals surface area contributed by atoms with E-state index in [1.165, 1.54) is 11.8 Å². The summed E-state index contributed by atoms with van der Waals surface area (Å²) in [6.45, 7) is 3.08. The fraction of sp³-hybridized carbons (Fsp3) is 0.391. The topological polar surface area (TPSA) is 76.7 Å². The Morgan fingerprint density at radius 1 is 1.03 bits per heavy atom. The minimum absolute atomic E-state index is 0.0324. The summed E-state index contributed by atoms with van der Waals surface area (Å²) >= 11 is 1.32. The molecule has 1 aliphatic heterocycles. The largest absolute Gasteiger partial charge is 0.486 e. The van der Waals surface area contributed by atoms with Crippen molar-refractivity contribution in [3.05, 3.63) is 53.6 Å². The molecule has 0 radical (unpaired) electrons. The number of carbonyl (C=O) groups excluding carboxylic acids is 2. The molecule has 2 aromatic carbocycles. The molecule has 0 spiro atoms. The molecule has 1 saturated carbocycles. The first kappa shape index (κ1) is 20.6. The maximum Gasteiger partial charge on any atom is 0.234 e. The van der Waals surface area contributed by atoms with Gasteiger partial charge in [0, 0.05) is 5.69 Å². The quantitative estimate of drug-likeness (QED) is 0.673. The Balaban J connectivity index is 1.27. The maximum absolute atomic E-state index is 12.5. The maximum atomic E-state index is 12.5. The Morgan fingerprint density at radius 2 is 1.80 bits per heavy atom. The third-order valence-electron chi connectivity index (χ3n) is 5.10. The molecule has 0 saturated heterocycles. The minimum Gasteiger partial charge on any atom is -0.486 e. The van der Waals surface area contributed by atoms with Crippen molar-refractivity contribution >= 4 is 29.3 Å². The normalized spacial score (nSPS) is 15.9. The van der Waals surface area contributed by atoms with E-state index < -0.39 is 0 Å². The van der Waals surface area contributed by atoms with Crippen molar-refractivity contribution in [1.82, 2.24) is 5.32 Å². The molecule has 1 fully saturated rings. The Bertz CT molecular complexity index is 929.